The number of benzene rings is 2. The monoisotopic (exact) mass is 548 g/mol. The molecule has 3 N–H and O–H groups in total. The Morgan fingerprint density at radius 2 is 1.65 bits per heavy atom. The van der Waals surface area contributed by atoms with E-state index < -0.39 is 29.6 Å². The largest absolute Gasteiger partial charge is 0.396 e. The minimum atomic E-state index is -1.04. The summed E-state index contributed by atoms with van der Waals surface area (Å²) in [4.78, 5) is 45.3. The summed E-state index contributed by atoms with van der Waals surface area (Å²) in [6, 6.07) is 16.1. The number of para-hydroxylation sites is 1. The molecule has 2 bridgehead atoms. The molecule has 5 rings (SSSR count). The standard InChI is InChI=1S/C31H40N4O5/c1-3-34(4-2)23-15-13-22(14-16-23)33-29(38)27-31-18-17-24(40-31)25(28(37)32-21-11-7-5-8-12-21)26(31)30(39)35(27)19-9-6-10-20-36/h5,7-8,11-16,24-27,36H,3-4,6,9-10,17-20H2,1-2H3,(H,32,37)(H,33,38)/t24-,25+,26+,27?,31?/m1/s1. The Bertz CT molecular complexity index is 1200. The molecule has 40 heavy (non-hydrogen) atoms. The molecule has 2 aromatic rings. The van der Waals surface area contributed by atoms with E-state index in [4.69, 9.17) is 4.74 Å². The van der Waals surface area contributed by atoms with Crippen LogP contribution in [0.1, 0.15) is 46.0 Å². The number of hydrogen-bond donors (Lipinski definition) is 3. The van der Waals surface area contributed by atoms with Crippen molar-refractivity contribution >= 4 is 34.8 Å². The number of anilines is 3. The molecule has 3 aliphatic heterocycles. The van der Waals surface area contributed by atoms with Crippen molar-refractivity contribution in [1.29, 1.82) is 0 Å². The van der Waals surface area contributed by atoms with E-state index in [0.717, 1.165) is 25.2 Å². The maximum Gasteiger partial charge on any atom is 0.250 e. The number of unbranched alkanes of at least 4 members (excludes halogenated alkanes) is 2. The molecule has 0 radical (unpaired) electrons. The first-order valence-electron chi connectivity index (χ1n) is 14.5. The Morgan fingerprint density at radius 3 is 2.33 bits per heavy atom. The van der Waals surface area contributed by atoms with Gasteiger partial charge in [0.1, 0.15) is 11.6 Å². The van der Waals surface area contributed by atoms with Crippen LogP contribution >= 0.6 is 0 Å². The fourth-order valence-corrected chi connectivity index (χ4v) is 6.87. The SMILES string of the molecule is CCN(CC)c1ccc(NC(=O)C2N(CCCCCO)C(=O)[C@@H]3[C@@H](C(=O)Nc4ccccc4)[C@H]4CCC23O4)cc1. The van der Waals surface area contributed by atoms with Gasteiger partial charge in [0, 0.05) is 43.3 Å². The first kappa shape index (κ1) is 28.1. The lowest BCUT2D eigenvalue weighted by Crippen LogP contribution is -2.53. The van der Waals surface area contributed by atoms with Crippen molar-refractivity contribution in [1.82, 2.24) is 4.90 Å². The first-order chi connectivity index (χ1) is 19.4. The van der Waals surface area contributed by atoms with Crippen molar-refractivity contribution in [2.24, 2.45) is 11.8 Å². The fourth-order valence-electron chi connectivity index (χ4n) is 6.87. The smallest absolute Gasteiger partial charge is 0.250 e. The maximum atomic E-state index is 14.0. The molecule has 0 aromatic heterocycles. The molecular weight excluding hydrogens is 508 g/mol. The second-order valence-electron chi connectivity index (χ2n) is 10.9. The molecule has 214 valence electrons. The van der Waals surface area contributed by atoms with Gasteiger partial charge in [-0.25, -0.2) is 0 Å². The zero-order valence-corrected chi connectivity index (χ0v) is 23.3. The number of nitrogens with zero attached hydrogens (tertiary/aromatic N) is 2. The van der Waals surface area contributed by atoms with Gasteiger partial charge in [0.25, 0.3) is 0 Å². The van der Waals surface area contributed by atoms with Crippen molar-refractivity contribution in [2.45, 2.75) is 63.7 Å². The highest BCUT2D eigenvalue weighted by molar-refractivity contribution is 6.05. The molecule has 3 fully saturated rings. The van der Waals surface area contributed by atoms with Gasteiger partial charge < -0.3 is 30.3 Å². The summed E-state index contributed by atoms with van der Waals surface area (Å²) >= 11 is 0. The summed E-state index contributed by atoms with van der Waals surface area (Å²) in [6.07, 6.45) is 2.79. The lowest BCUT2D eigenvalue weighted by Gasteiger charge is -2.33. The predicted molar refractivity (Wildman–Crippen MR) is 154 cm³/mol. The molecule has 3 aliphatic rings. The average Bonchev–Trinajstić information content (AvgIpc) is 3.60. The number of nitrogens with one attached hydrogen (secondary N) is 2. The van der Waals surface area contributed by atoms with Crippen LogP contribution in [0, 0.1) is 11.8 Å². The highest BCUT2D eigenvalue weighted by Crippen LogP contribution is 2.58. The van der Waals surface area contributed by atoms with Gasteiger partial charge in [-0.2, -0.15) is 0 Å². The summed E-state index contributed by atoms with van der Waals surface area (Å²) in [6.45, 7) is 6.44. The van der Waals surface area contributed by atoms with Crippen LogP contribution in [0.5, 0.6) is 0 Å². The first-order valence-corrected chi connectivity index (χ1v) is 14.5. The van der Waals surface area contributed by atoms with Gasteiger partial charge in [0.05, 0.1) is 17.9 Å². The maximum absolute atomic E-state index is 14.0. The van der Waals surface area contributed by atoms with Gasteiger partial charge >= 0.3 is 0 Å². The Balaban J connectivity index is 1.40. The number of ether oxygens (including phenoxy) is 1. The lowest BCUT2D eigenvalue weighted by atomic mass is 9.70. The third kappa shape index (κ3) is 5.08. The van der Waals surface area contributed by atoms with Gasteiger partial charge in [-0.3, -0.25) is 14.4 Å². The highest BCUT2D eigenvalue weighted by atomic mass is 16.5. The Hall–Kier alpha value is -3.43. The lowest BCUT2D eigenvalue weighted by molar-refractivity contribution is -0.139. The molecule has 2 unspecified atom stereocenters. The summed E-state index contributed by atoms with van der Waals surface area (Å²) in [7, 11) is 0. The minimum Gasteiger partial charge on any atom is -0.396 e. The predicted octanol–water partition coefficient (Wildman–Crippen LogP) is 3.65. The third-order valence-electron chi connectivity index (χ3n) is 8.71. The van der Waals surface area contributed by atoms with Gasteiger partial charge in [-0.05, 0) is 82.3 Å². The molecule has 3 heterocycles. The van der Waals surface area contributed by atoms with E-state index in [1.54, 1.807) is 4.90 Å². The Kier molecular flexibility index (Phi) is 8.42. The van der Waals surface area contributed by atoms with Crippen LogP contribution < -0.4 is 15.5 Å². The number of carbonyl (C=O) groups excluding carboxylic acids is 3. The number of carbonyl (C=O) groups is 3. The van der Waals surface area contributed by atoms with Gasteiger partial charge in [-0.15, -0.1) is 0 Å². The van der Waals surface area contributed by atoms with Crippen LogP contribution in [0.3, 0.4) is 0 Å². The van der Waals surface area contributed by atoms with Gasteiger partial charge in [0.15, 0.2) is 0 Å². The quantitative estimate of drug-likeness (QED) is 0.349. The molecule has 1 spiro atoms. The van der Waals surface area contributed by atoms with Crippen molar-refractivity contribution in [3.8, 4) is 0 Å². The van der Waals surface area contributed by atoms with Crippen molar-refractivity contribution in [3.05, 3.63) is 54.6 Å². The fraction of sp³-hybridized carbons (Fsp3) is 0.516. The van der Waals surface area contributed by atoms with E-state index in [1.807, 2.05) is 54.6 Å². The molecule has 5 atom stereocenters. The van der Waals surface area contributed by atoms with E-state index in [-0.39, 0.29) is 24.3 Å². The zero-order chi connectivity index (χ0) is 28.3. The zero-order valence-electron chi connectivity index (χ0n) is 23.3. The molecular formula is C31H40N4O5. The Labute approximate surface area is 235 Å². The van der Waals surface area contributed by atoms with E-state index in [1.165, 1.54) is 0 Å². The topological polar surface area (TPSA) is 111 Å². The second-order valence-corrected chi connectivity index (χ2v) is 10.9. The number of aliphatic hydroxyl groups is 1. The average molecular weight is 549 g/mol. The van der Waals surface area contributed by atoms with Crippen LogP contribution in [-0.2, 0) is 19.1 Å². The van der Waals surface area contributed by atoms with Crippen LogP contribution in [0.25, 0.3) is 0 Å². The highest BCUT2D eigenvalue weighted by Gasteiger charge is 2.74. The molecule has 0 aliphatic carbocycles. The van der Waals surface area contributed by atoms with E-state index in [9.17, 15) is 19.5 Å². The van der Waals surface area contributed by atoms with Crippen molar-refractivity contribution < 1.29 is 24.2 Å². The molecule has 9 nitrogen and oxygen atoms in total. The van der Waals surface area contributed by atoms with Crippen molar-refractivity contribution in [2.75, 3.05) is 41.8 Å². The van der Waals surface area contributed by atoms with Crippen molar-refractivity contribution in [3.63, 3.8) is 0 Å². The summed E-state index contributed by atoms with van der Waals surface area (Å²) < 4.78 is 6.50. The van der Waals surface area contributed by atoms with E-state index >= 15 is 0 Å². The Morgan fingerprint density at radius 1 is 0.975 bits per heavy atom. The number of amides is 3. The van der Waals surface area contributed by atoms with Crippen LogP contribution in [0.2, 0.25) is 0 Å². The number of likely N-dealkylation sites (tertiary alicyclic amines) is 1. The molecule has 9 heteroatoms. The summed E-state index contributed by atoms with van der Waals surface area (Å²) in [5, 5.41) is 15.2. The molecule has 3 saturated heterocycles. The van der Waals surface area contributed by atoms with Crippen LogP contribution in [-0.4, -0.2) is 71.7 Å². The number of fused-ring (bicyclic) bond motifs is 1. The molecule has 2 aromatic carbocycles. The van der Waals surface area contributed by atoms with E-state index in [0.29, 0.717) is 43.6 Å². The summed E-state index contributed by atoms with van der Waals surface area (Å²) in [5.41, 5.74) is 1.36. The summed E-state index contributed by atoms with van der Waals surface area (Å²) in [5.74, 6) is -2.11. The van der Waals surface area contributed by atoms with E-state index in [2.05, 4.69) is 29.4 Å². The normalized spacial score (nSPS) is 26.6. The third-order valence-corrected chi connectivity index (χ3v) is 8.71. The number of aliphatic hydroxyl groups excluding tert-OH is 1. The van der Waals surface area contributed by atoms with Crippen LogP contribution in [0.4, 0.5) is 17.1 Å². The van der Waals surface area contributed by atoms with Gasteiger partial charge in [-0.1, -0.05) is 18.2 Å². The van der Waals surface area contributed by atoms with Crippen LogP contribution in [0.15, 0.2) is 54.6 Å². The number of hydrogen-bond acceptors (Lipinski definition) is 6. The molecule has 0 saturated carbocycles. The number of rotatable bonds is 12. The van der Waals surface area contributed by atoms with Gasteiger partial charge in [0.2, 0.25) is 17.7 Å². The minimum absolute atomic E-state index is 0.0838. The second kappa shape index (κ2) is 12.0. The molecule has 3 amide bonds.